The van der Waals surface area contributed by atoms with Crippen LogP contribution in [0.25, 0.3) is 0 Å². The highest BCUT2D eigenvalue weighted by atomic mass is 32.1. The lowest BCUT2D eigenvalue weighted by atomic mass is 10.1. The van der Waals surface area contributed by atoms with Crippen LogP contribution in [0.2, 0.25) is 0 Å². The molecular weight excluding hydrogens is 505 g/mol. The van der Waals surface area contributed by atoms with Crippen LogP contribution in [0.3, 0.4) is 0 Å². The van der Waals surface area contributed by atoms with Crippen LogP contribution in [0.1, 0.15) is 52.8 Å². The number of alkyl halides is 3. The van der Waals surface area contributed by atoms with Crippen molar-refractivity contribution in [3.8, 4) is 5.75 Å². The van der Waals surface area contributed by atoms with E-state index in [4.69, 9.17) is 4.74 Å². The molecule has 2 amide bonds. The summed E-state index contributed by atoms with van der Waals surface area (Å²) in [5.41, 5.74) is 0.764. The quantitative estimate of drug-likeness (QED) is 0.415. The number of hydrogen-bond donors (Lipinski definition) is 2. The van der Waals surface area contributed by atoms with E-state index < -0.39 is 11.9 Å². The molecule has 4 rings (SSSR count). The van der Waals surface area contributed by atoms with Crippen LogP contribution in [0.5, 0.6) is 5.75 Å². The second-order valence-electron chi connectivity index (χ2n) is 8.92. The second kappa shape index (κ2) is 10.8. The minimum Gasteiger partial charge on any atom is -0.489 e. The van der Waals surface area contributed by atoms with E-state index in [1.54, 1.807) is 17.0 Å². The Hall–Kier alpha value is -3.60. The van der Waals surface area contributed by atoms with Crippen molar-refractivity contribution in [1.29, 1.82) is 0 Å². The van der Waals surface area contributed by atoms with Crippen molar-refractivity contribution in [2.45, 2.75) is 45.5 Å². The summed E-state index contributed by atoms with van der Waals surface area (Å²) in [5.74, 6) is 0.508. The highest BCUT2D eigenvalue weighted by Crippen LogP contribution is 2.31. The van der Waals surface area contributed by atoms with E-state index in [2.05, 4.69) is 15.6 Å². The lowest BCUT2D eigenvalue weighted by Gasteiger charge is -2.19. The predicted molar refractivity (Wildman–Crippen MR) is 136 cm³/mol. The van der Waals surface area contributed by atoms with Gasteiger partial charge in [-0.15, -0.1) is 11.3 Å². The van der Waals surface area contributed by atoms with E-state index in [9.17, 15) is 22.8 Å². The lowest BCUT2D eigenvalue weighted by molar-refractivity contribution is -0.141. The van der Waals surface area contributed by atoms with Crippen LogP contribution in [-0.4, -0.2) is 36.0 Å². The molecule has 0 saturated carbocycles. The Kier molecular flexibility index (Phi) is 7.72. The smallest absolute Gasteiger partial charge is 0.433 e. The number of ether oxygens (including phenoxy) is 1. The van der Waals surface area contributed by atoms with E-state index in [0.717, 1.165) is 17.2 Å². The van der Waals surface area contributed by atoms with Crippen molar-refractivity contribution >= 4 is 34.0 Å². The molecule has 1 aliphatic rings. The molecule has 0 radical (unpaired) electrons. The van der Waals surface area contributed by atoms with Gasteiger partial charge < -0.3 is 20.3 Å². The monoisotopic (exact) mass is 532 g/mol. The van der Waals surface area contributed by atoms with Crippen molar-refractivity contribution in [2.75, 3.05) is 23.3 Å². The van der Waals surface area contributed by atoms with Crippen LogP contribution in [-0.2, 0) is 11.0 Å². The third kappa shape index (κ3) is 6.59. The van der Waals surface area contributed by atoms with Crippen molar-refractivity contribution in [2.24, 2.45) is 0 Å². The maximum atomic E-state index is 13.0. The number of thiophene rings is 1. The Morgan fingerprint density at radius 1 is 1.19 bits per heavy atom. The molecule has 3 heterocycles. The molecule has 1 saturated heterocycles. The fourth-order valence-electron chi connectivity index (χ4n) is 4.11. The van der Waals surface area contributed by atoms with Crippen molar-refractivity contribution < 1.29 is 27.5 Å². The maximum absolute atomic E-state index is 13.0. The van der Waals surface area contributed by atoms with Gasteiger partial charge in [-0.25, -0.2) is 4.98 Å². The third-order valence-electron chi connectivity index (χ3n) is 5.95. The van der Waals surface area contributed by atoms with Crippen LogP contribution in [0.15, 0.2) is 48.5 Å². The average molecular weight is 533 g/mol. The summed E-state index contributed by atoms with van der Waals surface area (Å²) in [5, 5.41) is 6.30. The highest BCUT2D eigenvalue weighted by Gasteiger charge is 2.33. The standard InChI is InChI=1S/C26H27F3N4O3S/c1-15-13-23(31-17(3)34)37-24(15)25(35)30-16(2)18-7-9-19(10-8-18)36-20-11-12-33(14-20)22-6-4-5-21(32-22)26(27,28)29/h4-10,13,16,20H,11-12,14H2,1-3H3,(H,30,35)(H,31,34)/t16-,20+/m0/s1. The number of halogens is 3. The Labute approximate surface area is 216 Å². The summed E-state index contributed by atoms with van der Waals surface area (Å²) in [7, 11) is 0. The fourth-order valence-corrected chi connectivity index (χ4v) is 5.13. The molecule has 2 atom stereocenters. The van der Waals surface area contributed by atoms with Gasteiger partial charge in [-0.05, 0) is 55.3 Å². The van der Waals surface area contributed by atoms with Gasteiger partial charge in [0.25, 0.3) is 5.91 Å². The number of nitrogens with one attached hydrogen (secondary N) is 2. The van der Waals surface area contributed by atoms with Gasteiger partial charge in [0.2, 0.25) is 5.91 Å². The molecule has 2 aromatic heterocycles. The minimum absolute atomic E-state index is 0.182. The largest absolute Gasteiger partial charge is 0.489 e. The fraction of sp³-hybridized carbons (Fsp3) is 0.346. The molecule has 7 nitrogen and oxygen atoms in total. The number of pyridine rings is 1. The van der Waals surface area contributed by atoms with E-state index >= 15 is 0 Å². The molecule has 0 aliphatic carbocycles. The Morgan fingerprint density at radius 2 is 1.92 bits per heavy atom. The number of benzene rings is 1. The predicted octanol–water partition coefficient (Wildman–Crippen LogP) is 5.58. The molecule has 37 heavy (non-hydrogen) atoms. The second-order valence-corrected chi connectivity index (χ2v) is 9.97. The normalized spacial score (nSPS) is 16.4. The minimum atomic E-state index is -4.48. The number of hydrogen-bond acceptors (Lipinski definition) is 6. The maximum Gasteiger partial charge on any atom is 0.433 e. The first-order valence-corrected chi connectivity index (χ1v) is 12.6. The van der Waals surface area contributed by atoms with E-state index in [1.807, 2.05) is 38.1 Å². The van der Waals surface area contributed by atoms with E-state index in [1.165, 1.54) is 24.3 Å². The van der Waals surface area contributed by atoms with E-state index in [0.29, 0.717) is 35.1 Å². The van der Waals surface area contributed by atoms with Gasteiger partial charge in [0.15, 0.2) is 0 Å². The number of nitrogens with zero attached hydrogens (tertiary/aromatic N) is 2. The summed E-state index contributed by atoms with van der Waals surface area (Å²) in [6.07, 6.45) is -4.01. The number of aryl methyl sites for hydroxylation is 1. The van der Waals surface area contributed by atoms with Gasteiger partial charge >= 0.3 is 6.18 Å². The third-order valence-corrected chi connectivity index (χ3v) is 7.10. The Balaban J connectivity index is 1.32. The van der Waals surface area contributed by atoms with Gasteiger partial charge in [0.05, 0.1) is 22.5 Å². The van der Waals surface area contributed by atoms with Crippen molar-refractivity contribution in [3.63, 3.8) is 0 Å². The number of carbonyl (C=O) groups excluding carboxylic acids is 2. The molecule has 3 aromatic rings. The summed E-state index contributed by atoms with van der Waals surface area (Å²) < 4.78 is 45.0. The molecule has 11 heteroatoms. The molecule has 1 aromatic carbocycles. The number of carbonyl (C=O) groups is 2. The molecular formula is C26H27F3N4O3S. The van der Waals surface area contributed by atoms with Crippen LogP contribution in [0.4, 0.5) is 24.0 Å². The van der Waals surface area contributed by atoms with Gasteiger partial charge in [-0.2, -0.15) is 13.2 Å². The first-order chi connectivity index (χ1) is 17.5. The lowest BCUT2D eigenvalue weighted by Crippen LogP contribution is -2.26. The molecule has 1 fully saturated rings. The highest BCUT2D eigenvalue weighted by molar-refractivity contribution is 7.18. The van der Waals surface area contributed by atoms with E-state index in [-0.39, 0.29) is 29.8 Å². The van der Waals surface area contributed by atoms with Gasteiger partial charge in [0, 0.05) is 19.9 Å². The Bertz CT molecular complexity index is 1280. The zero-order valence-electron chi connectivity index (χ0n) is 20.6. The summed E-state index contributed by atoms with van der Waals surface area (Å²) in [6.45, 7) is 6.10. The number of amides is 2. The SMILES string of the molecule is CC(=O)Nc1cc(C)c(C(=O)N[C@@H](C)c2ccc(O[C@@H]3CCN(c4cccc(C(F)(F)F)n4)C3)cc2)s1. The first-order valence-electron chi connectivity index (χ1n) is 11.7. The summed E-state index contributed by atoms with van der Waals surface area (Å²) in [6, 6.07) is 12.8. The van der Waals surface area contributed by atoms with Gasteiger partial charge in [0.1, 0.15) is 23.4 Å². The zero-order chi connectivity index (χ0) is 26.7. The molecule has 2 N–H and O–H groups in total. The molecule has 1 aliphatic heterocycles. The van der Waals surface area contributed by atoms with Crippen LogP contribution in [0, 0.1) is 6.92 Å². The molecule has 0 unspecified atom stereocenters. The van der Waals surface area contributed by atoms with Crippen molar-refractivity contribution in [3.05, 3.63) is 70.2 Å². The molecule has 0 bridgehead atoms. The van der Waals surface area contributed by atoms with Crippen LogP contribution >= 0.6 is 11.3 Å². The molecule has 0 spiro atoms. The summed E-state index contributed by atoms with van der Waals surface area (Å²) >= 11 is 1.23. The molecule has 196 valence electrons. The zero-order valence-corrected chi connectivity index (χ0v) is 21.4. The average Bonchev–Trinajstić information content (AvgIpc) is 3.45. The van der Waals surface area contributed by atoms with Crippen molar-refractivity contribution in [1.82, 2.24) is 10.3 Å². The van der Waals surface area contributed by atoms with Crippen LogP contribution < -0.4 is 20.3 Å². The summed E-state index contributed by atoms with van der Waals surface area (Å²) in [4.78, 5) is 30.1. The van der Waals surface area contributed by atoms with Gasteiger partial charge in [-0.1, -0.05) is 18.2 Å². The number of anilines is 2. The number of rotatable bonds is 7. The number of aromatic nitrogens is 1. The topological polar surface area (TPSA) is 83.6 Å². The first kappa shape index (κ1) is 26.5. The Morgan fingerprint density at radius 3 is 2.59 bits per heavy atom. The van der Waals surface area contributed by atoms with Gasteiger partial charge in [-0.3, -0.25) is 9.59 Å².